The fraction of sp³-hybridized carbons (Fsp3) is 0.600. The highest BCUT2D eigenvalue weighted by Crippen LogP contribution is 1.99. The normalized spacial score (nSPS) is 15.5. The van der Waals surface area contributed by atoms with Gasteiger partial charge in [-0.2, -0.15) is 0 Å². The van der Waals surface area contributed by atoms with Gasteiger partial charge in [-0.15, -0.1) is 12.4 Å². The van der Waals surface area contributed by atoms with Crippen molar-refractivity contribution < 1.29 is 21.2 Å². The van der Waals surface area contributed by atoms with Crippen LogP contribution in [0.5, 0.6) is 0 Å². The number of carbonyl (C=O) groups is 2. The van der Waals surface area contributed by atoms with Crippen LogP contribution in [0.3, 0.4) is 0 Å². The van der Waals surface area contributed by atoms with Crippen molar-refractivity contribution in [1.29, 1.82) is 0 Å². The molecule has 0 spiro atoms. The molecule has 0 heterocycles. The predicted molar refractivity (Wildman–Crippen MR) is 39.7 cm³/mol. The Morgan fingerprint density at radius 2 is 1.91 bits per heavy atom. The van der Waals surface area contributed by atoms with Crippen LogP contribution >= 0.6 is 12.4 Å². The van der Waals surface area contributed by atoms with Crippen molar-refractivity contribution in [2.75, 3.05) is 0 Å². The first-order valence-corrected chi connectivity index (χ1v) is 2.51. The van der Waals surface area contributed by atoms with E-state index in [9.17, 15) is 9.59 Å². The smallest absolute Gasteiger partial charge is 0.321 e. The highest BCUT2D eigenvalue weighted by Gasteiger charge is 2.25. The Hall–Kier alpha value is -0.810. The molecule has 0 fully saturated rings. The van der Waals surface area contributed by atoms with Gasteiger partial charge in [0, 0.05) is 1.37 Å². The van der Waals surface area contributed by atoms with Crippen molar-refractivity contribution in [1.82, 2.24) is 0 Å². The molecule has 4 N–H and O–H groups in total. The zero-order valence-electron chi connectivity index (χ0n) is 6.56. The number of carboxylic acid groups (broad SMARTS) is 2. The SMILES string of the molecule is Cl.[2H]CC(C(=O)O)[C@H](N)C(=O)O. The molecule has 66 valence electrons. The van der Waals surface area contributed by atoms with Gasteiger partial charge in [0.1, 0.15) is 6.04 Å². The van der Waals surface area contributed by atoms with E-state index in [2.05, 4.69) is 0 Å². The summed E-state index contributed by atoms with van der Waals surface area (Å²) in [6, 6.07) is -1.50. The Balaban J connectivity index is 0. The number of aliphatic carboxylic acids is 2. The monoisotopic (exact) mass is 184 g/mol. The van der Waals surface area contributed by atoms with Gasteiger partial charge in [0.2, 0.25) is 0 Å². The second kappa shape index (κ2) is 4.92. The summed E-state index contributed by atoms with van der Waals surface area (Å²) in [4.78, 5) is 20.3. The van der Waals surface area contributed by atoms with Crippen LogP contribution in [0.25, 0.3) is 0 Å². The maximum Gasteiger partial charge on any atom is 0.321 e. The molecular weight excluding hydrogens is 174 g/mol. The molecule has 5 nitrogen and oxygen atoms in total. The van der Waals surface area contributed by atoms with E-state index < -0.39 is 30.8 Å². The summed E-state index contributed by atoms with van der Waals surface area (Å²) < 4.78 is 6.69. The van der Waals surface area contributed by atoms with Gasteiger partial charge in [0.15, 0.2) is 0 Å². The van der Waals surface area contributed by atoms with Crippen LogP contribution in [0.1, 0.15) is 8.27 Å². The van der Waals surface area contributed by atoms with Crippen LogP contribution in [-0.2, 0) is 9.59 Å². The molecule has 0 saturated carbocycles. The Bertz CT molecular complexity index is 177. The quantitative estimate of drug-likeness (QED) is 0.551. The highest BCUT2D eigenvalue weighted by atomic mass is 35.5. The maximum absolute atomic E-state index is 10.2. The summed E-state index contributed by atoms with van der Waals surface area (Å²) in [6.45, 7) is -0.525. The van der Waals surface area contributed by atoms with E-state index in [1.807, 2.05) is 0 Å². The molecular formula is C5H10ClNO4. The van der Waals surface area contributed by atoms with Crippen LogP contribution in [-0.4, -0.2) is 28.2 Å². The molecule has 2 atom stereocenters. The second-order valence-electron chi connectivity index (χ2n) is 1.81. The van der Waals surface area contributed by atoms with E-state index in [0.717, 1.165) is 0 Å². The lowest BCUT2D eigenvalue weighted by Crippen LogP contribution is -2.40. The molecule has 0 amide bonds. The fourth-order valence-corrected chi connectivity index (χ4v) is 0.326. The van der Waals surface area contributed by atoms with E-state index >= 15 is 0 Å². The van der Waals surface area contributed by atoms with Crippen molar-refractivity contribution in [3.63, 3.8) is 0 Å². The number of hydrogen-bond acceptors (Lipinski definition) is 3. The Morgan fingerprint density at radius 3 is 2.00 bits per heavy atom. The zero-order chi connectivity index (χ0) is 9.02. The first-order chi connectivity index (χ1) is 5.00. The highest BCUT2D eigenvalue weighted by molar-refractivity contribution is 5.85. The average molecular weight is 185 g/mol. The third kappa shape index (κ3) is 3.79. The standard InChI is InChI=1S/C5H9NO4.ClH/c1-2(4(7)8)3(6)5(9)10;/h2-3H,6H2,1H3,(H,7,8)(H,9,10);1H/t2?,3-;/m0./s1/i1D;. The predicted octanol–water partition coefficient (Wildman–Crippen LogP) is -0.459. The third-order valence-electron chi connectivity index (χ3n) is 1.04. The molecule has 11 heavy (non-hydrogen) atoms. The number of rotatable bonds is 3. The van der Waals surface area contributed by atoms with Crippen LogP contribution in [0.4, 0.5) is 0 Å². The molecule has 0 rings (SSSR count). The minimum atomic E-state index is -1.50. The van der Waals surface area contributed by atoms with Crippen LogP contribution in [0.15, 0.2) is 0 Å². The van der Waals surface area contributed by atoms with Crippen LogP contribution in [0, 0.1) is 5.92 Å². The molecule has 0 aliphatic rings. The summed E-state index contributed by atoms with van der Waals surface area (Å²) in [6.07, 6.45) is 0. The van der Waals surface area contributed by atoms with E-state index in [1.165, 1.54) is 0 Å². The van der Waals surface area contributed by atoms with Gasteiger partial charge in [-0.1, -0.05) is 0 Å². The summed E-state index contributed by atoms with van der Waals surface area (Å²) in [7, 11) is 0. The van der Waals surface area contributed by atoms with Gasteiger partial charge in [-0.3, -0.25) is 9.59 Å². The Morgan fingerprint density at radius 1 is 1.45 bits per heavy atom. The van der Waals surface area contributed by atoms with Crippen molar-refractivity contribution in [3.8, 4) is 0 Å². The molecule has 0 bridgehead atoms. The van der Waals surface area contributed by atoms with Gasteiger partial charge >= 0.3 is 11.9 Å². The zero-order valence-corrected chi connectivity index (χ0v) is 6.37. The Labute approximate surface area is 71.0 Å². The van der Waals surface area contributed by atoms with E-state index in [1.54, 1.807) is 0 Å². The third-order valence-corrected chi connectivity index (χ3v) is 1.04. The van der Waals surface area contributed by atoms with Gasteiger partial charge < -0.3 is 15.9 Å². The first kappa shape index (κ1) is 10.2. The number of nitrogens with two attached hydrogens (primary N) is 1. The van der Waals surface area contributed by atoms with Crippen molar-refractivity contribution >= 4 is 24.3 Å². The molecule has 0 radical (unpaired) electrons. The van der Waals surface area contributed by atoms with E-state index in [0.29, 0.717) is 0 Å². The van der Waals surface area contributed by atoms with Crippen molar-refractivity contribution in [2.45, 2.75) is 12.9 Å². The summed E-state index contributed by atoms with van der Waals surface area (Å²) in [5.74, 6) is -4.08. The molecule has 1 unspecified atom stereocenters. The van der Waals surface area contributed by atoms with Crippen LogP contribution < -0.4 is 5.73 Å². The molecule has 0 saturated heterocycles. The van der Waals surface area contributed by atoms with Crippen molar-refractivity contribution in [2.24, 2.45) is 11.7 Å². The van der Waals surface area contributed by atoms with Gasteiger partial charge in [0.05, 0.1) is 5.92 Å². The summed E-state index contributed by atoms with van der Waals surface area (Å²) in [5.41, 5.74) is 4.97. The molecule has 0 aromatic heterocycles. The van der Waals surface area contributed by atoms with Gasteiger partial charge in [0.25, 0.3) is 0 Å². The largest absolute Gasteiger partial charge is 0.481 e. The topological polar surface area (TPSA) is 101 Å². The minimum absolute atomic E-state index is 0. The molecule has 0 aliphatic carbocycles. The fourth-order valence-electron chi connectivity index (χ4n) is 0.326. The van der Waals surface area contributed by atoms with Crippen LogP contribution in [0.2, 0.25) is 0 Å². The maximum atomic E-state index is 10.2. The average Bonchev–Trinajstić information content (AvgIpc) is 1.88. The van der Waals surface area contributed by atoms with E-state index in [-0.39, 0.29) is 12.4 Å². The lowest BCUT2D eigenvalue weighted by atomic mass is 10.0. The van der Waals surface area contributed by atoms with Crippen molar-refractivity contribution in [3.05, 3.63) is 0 Å². The van der Waals surface area contributed by atoms with Gasteiger partial charge in [-0.05, 0) is 6.90 Å². The number of hydrogen-bond donors (Lipinski definition) is 3. The number of halogens is 1. The van der Waals surface area contributed by atoms with Gasteiger partial charge in [-0.25, -0.2) is 0 Å². The minimum Gasteiger partial charge on any atom is -0.481 e. The molecule has 0 aliphatic heterocycles. The second-order valence-corrected chi connectivity index (χ2v) is 1.81. The Kier molecular flexibility index (Phi) is 4.56. The summed E-state index contributed by atoms with van der Waals surface area (Å²) in [5, 5.41) is 16.6. The van der Waals surface area contributed by atoms with E-state index in [4.69, 9.17) is 17.3 Å². The number of carboxylic acids is 2. The summed E-state index contributed by atoms with van der Waals surface area (Å²) >= 11 is 0. The lowest BCUT2D eigenvalue weighted by Gasteiger charge is -2.09. The molecule has 0 aromatic rings. The molecule has 0 aromatic carbocycles. The first-order valence-electron chi connectivity index (χ1n) is 3.21. The lowest BCUT2D eigenvalue weighted by molar-refractivity contribution is -0.149. The molecule has 6 heteroatoms.